The van der Waals surface area contributed by atoms with Crippen molar-refractivity contribution >= 4 is 21.8 Å². The summed E-state index contributed by atoms with van der Waals surface area (Å²) in [5, 5.41) is 3.07. The molecule has 0 aromatic carbocycles. The zero-order chi connectivity index (χ0) is 13.1. The number of hydrogen-bond acceptors (Lipinski definition) is 2. The maximum absolute atomic E-state index is 12.2. The molecular weight excluding hydrogens is 294 g/mol. The summed E-state index contributed by atoms with van der Waals surface area (Å²) in [7, 11) is 0. The van der Waals surface area contributed by atoms with E-state index in [2.05, 4.69) is 21.2 Å². The molecule has 1 aromatic heterocycles. The Bertz CT molecular complexity index is 430. The lowest BCUT2D eigenvalue weighted by atomic mass is 9.91. The monoisotopic (exact) mass is 313 g/mol. The van der Waals surface area contributed by atoms with E-state index < -0.39 is 0 Å². The predicted octanol–water partition coefficient (Wildman–Crippen LogP) is 2.27. The van der Waals surface area contributed by atoms with E-state index in [1.54, 1.807) is 0 Å². The van der Waals surface area contributed by atoms with Gasteiger partial charge in [0.2, 0.25) is 0 Å². The van der Waals surface area contributed by atoms with Gasteiger partial charge in [-0.2, -0.15) is 0 Å². The average Bonchev–Trinajstić information content (AvgIpc) is 2.73. The van der Waals surface area contributed by atoms with Gasteiger partial charge in [-0.15, -0.1) is 0 Å². The number of nitrogens with one attached hydrogen (secondary N) is 1. The molecule has 0 unspecified atom stereocenters. The largest absolute Gasteiger partial charge is 0.346 e. The van der Waals surface area contributed by atoms with Crippen molar-refractivity contribution in [3.05, 3.63) is 22.4 Å². The number of nitrogens with zero attached hydrogens (tertiary/aromatic N) is 1. The molecule has 0 saturated heterocycles. The summed E-state index contributed by atoms with van der Waals surface area (Å²) >= 11 is 3.40. The van der Waals surface area contributed by atoms with Crippen LogP contribution in [0.5, 0.6) is 0 Å². The zero-order valence-corrected chi connectivity index (χ0v) is 12.2. The number of aryl methyl sites for hydroxylation is 1. The number of hydrogen-bond donors (Lipinski definition) is 2. The molecule has 1 fully saturated rings. The number of rotatable bonds is 3. The molecule has 1 aromatic rings. The van der Waals surface area contributed by atoms with Crippen molar-refractivity contribution in [2.24, 2.45) is 5.73 Å². The molecule has 0 spiro atoms. The number of aromatic nitrogens is 1. The van der Waals surface area contributed by atoms with Crippen LogP contribution < -0.4 is 11.1 Å². The van der Waals surface area contributed by atoms with Crippen molar-refractivity contribution < 1.29 is 4.79 Å². The first kappa shape index (κ1) is 13.6. The normalized spacial score (nSPS) is 23.9. The Kier molecular flexibility index (Phi) is 4.45. The van der Waals surface area contributed by atoms with E-state index >= 15 is 0 Å². The fourth-order valence-electron chi connectivity index (χ4n) is 2.51. The van der Waals surface area contributed by atoms with E-state index in [1.807, 2.05) is 23.8 Å². The fraction of sp³-hybridized carbons (Fsp3) is 0.615. The van der Waals surface area contributed by atoms with Gasteiger partial charge in [-0.3, -0.25) is 4.79 Å². The van der Waals surface area contributed by atoms with E-state index in [4.69, 9.17) is 5.73 Å². The maximum Gasteiger partial charge on any atom is 0.268 e. The Labute approximate surface area is 116 Å². The number of halogens is 1. The molecule has 4 nitrogen and oxygen atoms in total. The molecule has 2 atom stereocenters. The lowest BCUT2D eigenvalue weighted by Crippen LogP contribution is -2.49. The minimum atomic E-state index is -0.0232. The van der Waals surface area contributed by atoms with Crippen LogP contribution in [-0.2, 0) is 6.54 Å². The maximum atomic E-state index is 12.2. The van der Waals surface area contributed by atoms with Crippen molar-refractivity contribution in [2.75, 3.05) is 0 Å². The van der Waals surface area contributed by atoms with Crippen LogP contribution in [0.4, 0.5) is 0 Å². The molecule has 5 heteroatoms. The minimum Gasteiger partial charge on any atom is -0.346 e. The van der Waals surface area contributed by atoms with Crippen molar-refractivity contribution in [3.63, 3.8) is 0 Å². The molecule has 1 aliphatic carbocycles. The lowest BCUT2D eigenvalue weighted by molar-refractivity contribution is 0.0912. The van der Waals surface area contributed by atoms with Gasteiger partial charge in [-0.1, -0.05) is 12.8 Å². The lowest BCUT2D eigenvalue weighted by Gasteiger charge is -2.29. The van der Waals surface area contributed by atoms with Gasteiger partial charge in [-0.25, -0.2) is 0 Å². The van der Waals surface area contributed by atoms with Gasteiger partial charge in [0.25, 0.3) is 5.91 Å². The van der Waals surface area contributed by atoms with Crippen LogP contribution in [0.2, 0.25) is 0 Å². The number of carbonyl (C=O) groups excluding carboxylic acids is 1. The van der Waals surface area contributed by atoms with Crippen molar-refractivity contribution in [2.45, 2.75) is 51.2 Å². The Morgan fingerprint density at radius 1 is 1.56 bits per heavy atom. The molecule has 1 aliphatic rings. The zero-order valence-electron chi connectivity index (χ0n) is 10.7. The quantitative estimate of drug-likeness (QED) is 0.899. The summed E-state index contributed by atoms with van der Waals surface area (Å²) < 4.78 is 2.87. The predicted molar refractivity (Wildman–Crippen MR) is 75.5 cm³/mol. The van der Waals surface area contributed by atoms with Gasteiger partial charge in [0.1, 0.15) is 5.69 Å². The molecule has 0 aliphatic heterocycles. The van der Waals surface area contributed by atoms with Gasteiger partial charge < -0.3 is 15.6 Å². The Morgan fingerprint density at radius 3 is 2.94 bits per heavy atom. The van der Waals surface area contributed by atoms with E-state index in [9.17, 15) is 4.79 Å². The van der Waals surface area contributed by atoms with Crippen LogP contribution >= 0.6 is 15.9 Å². The van der Waals surface area contributed by atoms with Crippen molar-refractivity contribution in [3.8, 4) is 0 Å². The smallest absolute Gasteiger partial charge is 0.268 e. The third kappa shape index (κ3) is 2.95. The van der Waals surface area contributed by atoms with E-state index in [0.717, 1.165) is 30.3 Å². The Morgan fingerprint density at radius 2 is 2.28 bits per heavy atom. The summed E-state index contributed by atoms with van der Waals surface area (Å²) in [6, 6.07) is 2.06. The molecule has 18 heavy (non-hydrogen) atoms. The number of carbonyl (C=O) groups is 1. The summed E-state index contributed by atoms with van der Waals surface area (Å²) in [6.07, 6.45) is 6.24. The standard InChI is InChI=1S/C13H20BrN3O/c1-2-17-8-9(14)7-12(17)13(18)16-11-6-4-3-5-10(11)15/h7-8,10-11H,2-6,15H2,1H3,(H,16,18)/t10-,11-/m1/s1. The van der Waals surface area contributed by atoms with E-state index in [1.165, 1.54) is 6.42 Å². The van der Waals surface area contributed by atoms with Crippen molar-refractivity contribution in [1.82, 2.24) is 9.88 Å². The van der Waals surface area contributed by atoms with Crippen LogP contribution in [0.25, 0.3) is 0 Å². The fourth-order valence-corrected chi connectivity index (χ4v) is 2.97. The van der Waals surface area contributed by atoms with E-state index in [0.29, 0.717) is 5.69 Å². The summed E-state index contributed by atoms with van der Waals surface area (Å²) in [5.74, 6) is -0.0232. The topological polar surface area (TPSA) is 60.0 Å². The number of nitrogens with two attached hydrogens (primary N) is 1. The Balaban J connectivity index is 2.06. The molecule has 3 N–H and O–H groups in total. The molecular formula is C13H20BrN3O. The van der Waals surface area contributed by atoms with Crippen molar-refractivity contribution in [1.29, 1.82) is 0 Å². The molecule has 1 amide bonds. The highest BCUT2D eigenvalue weighted by Gasteiger charge is 2.24. The second-order valence-electron chi connectivity index (χ2n) is 4.86. The van der Waals surface area contributed by atoms with Gasteiger partial charge in [0.05, 0.1) is 0 Å². The third-order valence-corrected chi connectivity index (χ3v) is 4.01. The highest BCUT2D eigenvalue weighted by atomic mass is 79.9. The average molecular weight is 314 g/mol. The number of amides is 1. The summed E-state index contributed by atoms with van der Waals surface area (Å²) in [5.41, 5.74) is 6.75. The Hall–Kier alpha value is -0.810. The molecule has 2 rings (SSSR count). The van der Waals surface area contributed by atoms with Crippen LogP contribution in [-0.4, -0.2) is 22.6 Å². The van der Waals surface area contributed by atoms with Gasteiger partial charge in [0.15, 0.2) is 0 Å². The SMILES string of the molecule is CCn1cc(Br)cc1C(=O)N[C@@H]1CCCC[C@H]1N. The van der Waals surface area contributed by atoms with Crippen LogP contribution in [0.3, 0.4) is 0 Å². The van der Waals surface area contributed by atoms with E-state index in [-0.39, 0.29) is 18.0 Å². The second kappa shape index (κ2) is 5.89. The first-order valence-corrected chi connectivity index (χ1v) is 7.33. The first-order chi connectivity index (χ1) is 8.61. The molecule has 0 radical (unpaired) electrons. The van der Waals surface area contributed by atoms with Gasteiger partial charge in [-0.05, 0) is 41.8 Å². The highest BCUT2D eigenvalue weighted by Crippen LogP contribution is 2.19. The van der Waals surface area contributed by atoms with Gasteiger partial charge >= 0.3 is 0 Å². The summed E-state index contributed by atoms with van der Waals surface area (Å²) in [4.78, 5) is 12.2. The van der Waals surface area contributed by atoms with Crippen LogP contribution in [0.1, 0.15) is 43.1 Å². The van der Waals surface area contributed by atoms with Gasteiger partial charge in [0, 0.05) is 29.3 Å². The molecule has 1 heterocycles. The molecule has 0 bridgehead atoms. The third-order valence-electron chi connectivity index (χ3n) is 3.57. The first-order valence-electron chi connectivity index (χ1n) is 6.54. The molecule has 100 valence electrons. The highest BCUT2D eigenvalue weighted by molar-refractivity contribution is 9.10. The molecule has 1 saturated carbocycles. The van der Waals surface area contributed by atoms with Crippen LogP contribution in [0.15, 0.2) is 16.7 Å². The summed E-state index contributed by atoms with van der Waals surface area (Å²) in [6.45, 7) is 2.81. The van der Waals surface area contributed by atoms with Crippen LogP contribution in [0, 0.1) is 0 Å². The minimum absolute atomic E-state index is 0.0232. The second-order valence-corrected chi connectivity index (χ2v) is 5.77.